The van der Waals surface area contributed by atoms with Crippen LogP contribution >= 0.6 is 0 Å². The molecule has 0 fully saturated rings. The summed E-state index contributed by atoms with van der Waals surface area (Å²) in [6.07, 6.45) is 0. The molecular weight excluding hydrogens is 235 g/mol. The lowest BCUT2D eigenvalue weighted by Crippen LogP contribution is -2.22. The van der Waals surface area contributed by atoms with Crippen molar-refractivity contribution in [3.05, 3.63) is 53.8 Å². The molecule has 18 heavy (non-hydrogen) atoms. The van der Waals surface area contributed by atoms with Crippen molar-refractivity contribution in [1.82, 2.24) is 0 Å². The summed E-state index contributed by atoms with van der Waals surface area (Å²) in [6, 6.07) is 10.6. The first-order chi connectivity index (χ1) is 8.61. The second-order valence-electron chi connectivity index (χ2n) is 3.71. The number of carbonyl (C=O) groups is 1. The van der Waals surface area contributed by atoms with E-state index < -0.39 is 11.8 Å². The number of carboxylic acid groups (broad SMARTS) is 1. The summed E-state index contributed by atoms with van der Waals surface area (Å²) in [7, 11) is 1.52. The third-order valence-electron chi connectivity index (χ3n) is 2.59. The molecule has 0 aliphatic heterocycles. The molecule has 92 valence electrons. The summed E-state index contributed by atoms with van der Waals surface area (Å²) >= 11 is 0. The molecule has 2 aromatic rings. The van der Waals surface area contributed by atoms with Gasteiger partial charge < -0.3 is 14.6 Å². The lowest BCUT2D eigenvalue weighted by atomic mass is 10.0. The highest BCUT2D eigenvalue weighted by Gasteiger charge is 2.07. The number of carboxylic acids is 1. The second kappa shape index (κ2) is 4.87. The molecule has 2 rings (SSSR count). The second-order valence-corrected chi connectivity index (χ2v) is 3.71. The van der Waals surface area contributed by atoms with E-state index in [1.165, 1.54) is 19.2 Å². The van der Waals surface area contributed by atoms with Crippen molar-refractivity contribution in [3.8, 4) is 16.9 Å². The van der Waals surface area contributed by atoms with E-state index >= 15 is 0 Å². The lowest BCUT2D eigenvalue weighted by molar-refractivity contribution is -0.255. The van der Waals surface area contributed by atoms with Crippen LogP contribution in [0.15, 0.2) is 42.5 Å². The number of rotatable bonds is 3. The highest BCUT2D eigenvalue weighted by atomic mass is 19.1. The van der Waals surface area contributed by atoms with E-state index in [-0.39, 0.29) is 5.56 Å². The van der Waals surface area contributed by atoms with Crippen molar-refractivity contribution < 1.29 is 19.0 Å². The van der Waals surface area contributed by atoms with E-state index in [1.54, 1.807) is 24.3 Å². The van der Waals surface area contributed by atoms with Crippen LogP contribution in [-0.4, -0.2) is 13.1 Å². The van der Waals surface area contributed by atoms with Crippen LogP contribution in [0, 0.1) is 5.82 Å². The SMILES string of the molecule is COc1cccc(-c2ccc(C(=O)[O-])cc2F)c1. The predicted molar refractivity (Wildman–Crippen MR) is 62.7 cm³/mol. The Labute approximate surface area is 103 Å². The van der Waals surface area contributed by atoms with Crippen LogP contribution in [-0.2, 0) is 0 Å². The fraction of sp³-hybridized carbons (Fsp3) is 0.0714. The van der Waals surface area contributed by atoms with Crippen molar-refractivity contribution in [3.63, 3.8) is 0 Å². The van der Waals surface area contributed by atoms with Gasteiger partial charge in [-0.2, -0.15) is 0 Å². The molecule has 3 nitrogen and oxygen atoms in total. The van der Waals surface area contributed by atoms with Gasteiger partial charge in [-0.15, -0.1) is 0 Å². The average Bonchev–Trinajstić information content (AvgIpc) is 2.38. The molecule has 0 N–H and O–H groups in total. The topological polar surface area (TPSA) is 49.4 Å². The van der Waals surface area contributed by atoms with Crippen molar-refractivity contribution in [2.24, 2.45) is 0 Å². The van der Waals surface area contributed by atoms with Gasteiger partial charge in [0.15, 0.2) is 0 Å². The first kappa shape index (κ1) is 12.1. The average molecular weight is 245 g/mol. The monoisotopic (exact) mass is 245 g/mol. The minimum atomic E-state index is -1.40. The van der Waals surface area contributed by atoms with E-state index in [9.17, 15) is 14.3 Å². The maximum absolute atomic E-state index is 13.8. The summed E-state index contributed by atoms with van der Waals surface area (Å²) in [5.41, 5.74) is 0.759. The third kappa shape index (κ3) is 2.32. The van der Waals surface area contributed by atoms with Crippen LogP contribution in [0.5, 0.6) is 5.75 Å². The molecule has 4 heteroatoms. The Hall–Kier alpha value is -2.36. The van der Waals surface area contributed by atoms with Crippen LogP contribution in [0.3, 0.4) is 0 Å². The largest absolute Gasteiger partial charge is 0.545 e. The molecule has 0 aliphatic carbocycles. The lowest BCUT2D eigenvalue weighted by Gasteiger charge is -2.08. The van der Waals surface area contributed by atoms with Gasteiger partial charge in [-0.3, -0.25) is 0 Å². The van der Waals surface area contributed by atoms with Crippen LogP contribution < -0.4 is 9.84 Å². The third-order valence-corrected chi connectivity index (χ3v) is 2.59. The Bertz CT molecular complexity index is 593. The maximum Gasteiger partial charge on any atom is 0.131 e. The van der Waals surface area contributed by atoms with Gasteiger partial charge in [0.05, 0.1) is 13.1 Å². The molecule has 0 spiro atoms. The van der Waals surface area contributed by atoms with Gasteiger partial charge in [-0.1, -0.05) is 24.3 Å². The van der Waals surface area contributed by atoms with Gasteiger partial charge in [0, 0.05) is 11.1 Å². The number of carbonyl (C=O) groups excluding carboxylic acids is 1. The summed E-state index contributed by atoms with van der Waals surface area (Å²) in [5.74, 6) is -1.40. The molecule has 0 radical (unpaired) electrons. The van der Waals surface area contributed by atoms with Gasteiger partial charge in [-0.05, 0) is 23.8 Å². The number of aromatic carboxylic acids is 1. The molecule has 0 aliphatic rings. The fourth-order valence-electron chi connectivity index (χ4n) is 1.67. The molecule has 0 saturated carbocycles. The number of benzene rings is 2. The van der Waals surface area contributed by atoms with Crippen LogP contribution in [0.2, 0.25) is 0 Å². The number of hydrogen-bond donors (Lipinski definition) is 0. The highest BCUT2D eigenvalue weighted by Crippen LogP contribution is 2.26. The Morgan fingerprint density at radius 3 is 2.61 bits per heavy atom. The number of ether oxygens (including phenoxy) is 1. The van der Waals surface area contributed by atoms with Crippen molar-refractivity contribution in [2.45, 2.75) is 0 Å². The highest BCUT2D eigenvalue weighted by molar-refractivity contribution is 5.86. The summed E-state index contributed by atoms with van der Waals surface area (Å²) < 4.78 is 18.9. The molecule has 0 atom stereocenters. The smallest absolute Gasteiger partial charge is 0.131 e. The molecule has 0 bridgehead atoms. The van der Waals surface area contributed by atoms with Gasteiger partial charge in [0.1, 0.15) is 11.6 Å². The Morgan fingerprint density at radius 2 is 2.00 bits per heavy atom. The molecule has 0 heterocycles. The summed E-state index contributed by atoms with van der Waals surface area (Å²) in [4.78, 5) is 10.6. The van der Waals surface area contributed by atoms with Gasteiger partial charge >= 0.3 is 0 Å². The minimum Gasteiger partial charge on any atom is -0.545 e. The molecule has 0 saturated heterocycles. The Balaban J connectivity index is 2.47. The van der Waals surface area contributed by atoms with Crippen molar-refractivity contribution >= 4 is 5.97 Å². The van der Waals surface area contributed by atoms with E-state index in [2.05, 4.69) is 0 Å². The quantitative estimate of drug-likeness (QED) is 0.829. The minimum absolute atomic E-state index is 0.181. The first-order valence-corrected chi connectivity index (χ1v) is 5.27. The maximum atomic E-state index is 13.8. The first-order valence-electron chi connectivity index (χ1n) is 5.27. The predicted octanol–water partition coefficient (Wildman–Crippen LogP) is 1.86. The van der Waals surface area contributed by atoms with E-state index in [1.807, 2.05) is 0 Å². The van der Waals surface area contributed by atoms with E-state index in [4.69, 9.17) is 4.74 Å². The van der Waals surface area contributed by atoms with Crippen molar-refractivity contribution in [2.75, 3.05) is 7.11 Å². The molecule has 0 aromatic heterocycles. The van der Waals surface area contributed by atoms with Crippen LogP contribution in [0.1, 0.15) is 10.4 Å². The van der Waals surface area contributed by atoms with Crippen LogP contribution in [0.4, 0.5) is 4.39 Å². The molecule has 0 unspecified atom stereocenters. The zero-order valence-electron chi connectivity index (χ0n) is 9.64. The van der Waals surface area contributed by atoms with Crippen LogP contribution in [0.25, 0.3) is 11.1 Å². The van der Waals surface area contributed by atoms with Gasteiger partial charge in [-0.25, -0.2) is 4.39 Å². The zero-order chi connectivity index (χ0) is 13.1. The van der Waals surface area contributed by atoms with E-state index in [0.29, 0.717) is 16.9 Å². The Kier molecular flexibility index (Phi) is 3.28. The standard InChI is InChI=1S/C14H11FO3/c1-18-11-4-2-3-9(7-11)12-6-5-10(14(16)17)8-13(12)15/h2-8H,1H3,(H,16,17)/p-1. The number of halogens is 1. The molecular formula is C14H10FO3-. The Morgan fingerprint density at radius 1 is 1.22 bits per heavy atom. The number of methoxy groups -OCH3 is 1. The summed E-state index contributed by atoms with van der Waals surface area (Å²) in [5, 5.41) is 10.6. The van der Waals surface area contributed by atoms with Gasteiger partial charge in [0.25, 0.3) is 0 Å². The normalized spacial score (nSPS) is 10.1. The van der Waals surface area contributed by atoms with E-state index in [0.717, 1.165) is 6.07 Å². The van der Waals surface area contributed by atoms with Gasteiger partial charge in [0.2, 0.25) is 0 Å². The zero-order valence-corrected chi connectivity index (χ0v) is 9.64. The summed E-state index contributed by atoms with van der Waals surface area (Å²) in [6.45, 7) is 0. The number of hydrogen-bond acceptors (Lipinski definition) is 3. The molecule has 0 amide bonds. The molecule has 2 aromatic carbocycles. The fourth-order valence-corrected chi connectivity index (χ4v) is 1.67. The van der Waals surface area contributed by atoms with Crippen molar-refractivity contribution in [1.29, 1.82) is 0 Å².